The van der Waals surface area contributed by atoms with Gasteiger partial charge in [-0.05, 0) is 75.0 Å². The zero-order valence-corrected chi connectivity index (χ0v) is 26.1. The highest BCUT2D eigenvalue weighted by Crippen LogP contribution is 2.33. The van der Waals surface area contributed by atoms with Crippen molar-refractivity contribution in [2.75, 3.05) is 40.9 Å². The Morgan fingerprint density at radius 3 is 2.57 bits per heavy atom. The number of benzene rings is 3. The predicted octanol–water partition coefficient (Wildman–Crippen LogP) is 4.11. The first-order valence-electron chi connectivity index (χ1n) is 14.6. The van der Waals surface area contributed by atoms with E-state index in [4.69, 9.17) is 14.5 Å². The van der Waals surface area contributed by atoms with E-state index in [0.717, 1.165) is 29.7 Å². The van der Waals surface area contributed by atoms with Crippen molar-refractivity contribution in [3.63, 3.8) is 0 Å². The van der Waals surface area contributed by atoms with Crippen LogP contribution in [0.4, 0.5) is 0 Å². The molecule has 1 unspecified atom stereocenters. The summed E-state index contributed by atoms with van der Waals surface area (Å²) >= 11 is 0. The fourth-order valence-corrected chi connectivity index (χ4v) is 7.08. The minimum atomic E-state index is -3.77. The summed E-state index contributed by atoms with van der Waals surface area (Å²) in [6, 6.07) is 16.3. The molecule has 0 bridgehead atoms. The summed E-state index contributed by atoms with van der Waals surface area (Å²) in [4.78, 5) is 27.9. The van der Waals surface area contributed by atoms with Crippen LogP contribution in [0, 0.1) is 0 Å². The van der Waals surface area contributed by atoms with Crippen molar-refractivity contribution < 1.29 is 17.9 Å². The van der Waals surface area contributed by atoms with Crippen LogP contribution in [0.5, 0.6) is 11.5 Å². The molecule has 0 saturated carbocycles. The fourth-order valence-electron chi connectivity index (χ4n) is 5.56. The van der Waals surface area contributed by atoms with E-state index in [1.165, 1.54) is 4.31 Å². The lowest BCUT2D eigenvalue weighted by molar-refractivity contribution is 0.302. The van der Waals surface area contributed by atoms with Gasteiger partial charge in [0.05, 0.1) is 52.4 Å². The van der Waals surface area contributed by atoms with Gasteiger partial charge >= 0.3 is 0 Å². The van der Waals surface area contributed by atoms with Gasteiger partial charge in [0.2, 0.25) is 10.0 Å². The zero-order chi connectivity index (χ0) is 31.0. The number of aromatic amines is 1. The number of rotatable bonds is 10. The second kappa shape index (κ2) is 12.0. The summed E-state index contributed by atoms with van der Waals surface area (Å²) in [6.07, 6.45) is 3.27. The number of fused-ring (bicyclic) bond motifs is 2. The molecule has 11 nitrogen and oxygen atoms in total. The first kappa shape index (κ1) is 29.8. The molecule has 1 N–H and O–H groups in total. The number of hydrogen-bond acceptors (Lipinski definition) is 8. The van der Waals surface area contributed by atoms with Crippen LogP contribution in [0.25, 0.3) is 33.3 Å². The molecule has 0 spiro atoms. The van der Waals surface area contributed by atoms with Crippen LogP contribution in [-0.2, 0) is 16.6 Å². The van der Waals surface area contributed by atoms with E-state index in [1.807, 2.05) is 54.8 Å². The van der Waals surface area contributed by atoms with Crippen molar-refractivity contribution >= 4 is 32.0 Å². The van der Waals surface area contributed by atoms with E-state index in [2.05, 4.69) is 9.97 Å². The third kappa shape index (κ3) is 5.68. The Kier molecular flexibility index (Phi) is 8.14. The topological polar surface area (TPSA) is 123 Å². The second-order valence-corrected chi connectivity index (χ2v) is 13.2. The van der Waals surface area contributed by atoms with Gasteiger partial charge in [-0.25, -0.2) is 18.4 Å². The second-order valence-electron chi connectivity index (χ2n) is 11.3. The number of likely N-dealkylation sites (N-methyl/N-ethyl adjacent to an activating group) is 1. The predicted molar refractivity (Wildman–Crippen MR) is 170 cm³/mol. The molecule has 0 amide bonds. The van der Waals surface area contributed by atoms with E-state index >= 15 is 0 Å². The quantitative estimate of drug-likeness (QED) is 0.249. The lowest BCUT2D eigenvalue weighted by atomic mass is 10.1. The van der Waals surface area contributed by atoms with Crippen molar-refractivity contribution in [1.82, 2.24) is 28.7 Å². The van der Waals surface area contributed by atoms with Crippen LogP contribution in [0.1, 0.15) is 25.3 Å². The molecular weight excluding hydrogens is 580 g/mol. The SMILES string of the molecule is CCCOc1ccc(S(=O)(=O)N2CCC(N(C)C)C2)cc1-c1nc2cc3ncn(Cc4ccc(OC)cc4)c3cc2c(=O)[nH]1. The van der Waals surface area contributed by atoms with Gasteiger partial charge in [-0.2, -0.15) is 4.31 Å². The number of methoxy groups -OCH3 is 1. The third-order valence-electron chi connectivity index (χ3n) is 8.12. The number of ether oxygens (including phenoxy) is 2. The van der Waals surface area contributed by atoms with Gasteiger partial charge in [0, 0.05) is 25.7 Å². The summed E-state index contributed by atoms with van der Waals surface area (Å²) in [5.74, 6) is 1.46. The minimum Gasteiger partial charge on any atom is -0.497 e. The van der Waals surface area contributed by atoms with E-state index in [-0.39, 0.29) is 22.3 Å². The number of sulfonamides is 1. The highest BCUT2D eigenvalue weighted by Gasteiger charge is 2.34. The van der Waals surface area contributed by atoms with Crippen LogP contribution < -0.4 is 15.0 Å². The number of H-pyrrole nitrogens is 1. The van der Waals surface area contributed by atoms with E-state index in [1.54, 1.807) is 43.8 Å². The maximum absolute atomic E-state index is 13.7. The van der Waals surface area contributed by atoms with E-state index in [0.29, 0.717) is 54.0 Å². The van der Waals surface area contributed by atoms with Gasteiger partial charge in [0.25, 0.3) is 5.56 Å². The molecule has 0 radical (unpaired) electrons. The van der Waals surface area contributed by atoms with Gasteiger partial charge in [0.15, 0.2) is 0 Å². The van der Waals surface area contributed by atoms with Crippen molar-refractivity contribution in [1.29, 1.82) is 0 Å². The summed E-state index contributed by atoms with van der Waals surface area (Å²) < 4.78 is 42.0. The highest BCUT2D eigenvalue weighted by atomic mass is 32.2. The van der Waals surface area contributed by atoms with Crippen molar-refractivity contribution in [2.24, 2.45) is 0 Å². The fraction of sp³-hybridized carbons (Fsp3) is 0.344. The van der Waals surface area contributed by atoms with Crippen LogP contribution in [0.3, 0.4) is 0 Å². The first-order chi connectivity index (χ1) is 21.2. The molecule has 1 aliphatic heterocycles. The molecular formula is C32H36N6O5S. The lowest BCUT2D eigenvalue weighted by Crippen LogP contribution is -2.34. The molecule has 0 aliphatic carbocycles. The standard InChI is InChI=1S/C32H36N6O5S/c1-5-14-43-30-11-10-24(44(40,41)38-13-12-22(19-38)36(2)3)15-26(30)31-34-27-17-28-29(16-25(27)32(39)35-31)37(20-33-28)18-21-6-8-23(42-4)9-7-21/h6-11,15-17,20,22H,5,12-14,18-19H2,1-4H3,(H,34,35,39). The monoisotopic (exact) mass is 616 g/mol. The molecule has 1 fully saturated rings. The smallest absolute Gasteiger partial charge is 0.259 e. The Morgan fingerprint density at radius 2 is 1.86 bits per heavy atom. The summed E-state index contributed by atoms with van der Waals surface area (Å²) in [5.41, 5.74) is 3.08. The van der Waals surface area contributed by atoms with Gasteiger partial charge in [-0.1, -0.05) is 19.1 Å². The average Bonchev–Trinajstić information content (AvgIpc) is 3.68. The lowest BCUT2D eigenvalue weighted by Gasteiger charge is -2.21. The molecule has 3 heterocycles. The highest BCUT2D eigenvalue weighted by molar-refractivity contribution is 7.89. The normalized spacial score (nSPS) is 15.9. The summed E-state index contributed by atoms with van der Waals surface area (Å²) in [7, 11) is 1.78. The molecule has 230 valence electrons. The minimum absolute atomic E-state index is 0.131. The molecule has 1 aliphatic rings. The van der Waals surface area contributed by atoms with Crippen molar-refractivity contribution in [3.05, 3.63) is 76.8 Å². The molecule has 1 saturated heterocycles. The molecule has 6 rings (SSSR count). The van der Waals surface area contributed by atoms with Crippen molar-refractivity contribution in [2.45, 2.75) is 37.2 Å². The molecule has 2 aromatic heterocycles. The average molecular weight is 617 g/mol. The van der Waals surface area contributed by atoms with Gasteiger partial charge in [-0.15, -0.1) is 0 Å². The largest absolute Gasteiger partial charge is 0.497 e. The molecule has 5 aromatic rings. The van der Waals surface area contributed by atoms with Crippen LogP contribution in [0.2, 0.25) is 0 Å². The number of aromatic nitrogens is 4. The number of nitrogens with one attached hydrogen (secondary N) is 1. The van der Waals surface area contributed by atoms with Gasteiger partial charge in [-0.3, -0.25) is 4.79 Å². The maximum Gasteiger partial charge on any atom is 0.259 e. The molecule has 44 heavy (non-hydrogen) atoms. The molecule has 1 atom stereocenters. The Hall–Kier alpha value is -4.26. The zero-order valence-electron chi connectivity index (χ0n) is 25.3. The maximum atomic E-state index is 13.7. The third-order valence-corrected chi connectivity index (χ3v) is 9.98. The van der Waals surface area contributed by atoms with Gasteiger partial charge in [0.1, 0.15) is 17.3 Å². The summed E-state index contributed by atoms with van der Waals surface area (Å²) in [6.45, 7) is 3.86. The van der Waals surface area contributed by atoms with E-state index in [9.17, 15) is 13.2 Å². The Balaban J connectivity index is 1.39. The van der Waals surface area contributed by atoms with Gasteiger partial charge < -0.3 is 23.9 Å². The molecule has 3 aromatic carbocycles. The van der Waals surface area contributed by atoms with Crippen LogP contribution in [0.15, 0.2) is 70.6 Å². The van der Waals surface area contributed by atoms with Crippen LogP contribution in [-0.4, -0.2) is 84.1 Å². The number of nitrogens with zero attached hydrogens (tertiary/aromatic N) is 5. The Labute approximate surface area is 256 Å². The Morgan fingerprint density at radius 1 is 1.07 bits per heavy atom. The number of imidazole rings is 1. The number of hydrogen-bond donors (Lipinski definition) is 1. The molecule has 12 heteroatoms. The Bertz CT molecular complexity index is 1980. The van der Waals surface area contributed by atoms with Crippen molar-refractivity contribution in [3.8, 4) is 22.9 Å². The first-order valence-corrected chi connectivity index (χ1v) is 16.1. The van der Waals surface area contributed by atoms with E-state index < -0.39 is 10.0 Å². The van der Waals surface area contributed by atoms with Crippen LogP contribution >= 0.6 is 0 Å². The summed E-state index contributed by atoms with van der Waals surface area (Å²) in [5, 5.41) is 0.407.